The molecule has 0 saturated heterocycles. The van der Waals surface area contributed by atoms with E-state index in [9.17, 15) is 9.59 Å². The van der Waals surface area contributed by atoms with E-state index in [1.165, 1.54) is 0 Å². The summed E-state index contributed by atoms with van der Waals surface area (Å²) < 4.78 is 0. The molecule has 1 rings (SSSR count). The SMILES string of the molecule is NC(=O)C(CCCCN=C(N)N)NC(=O)c1ccccc1. The number of nitrogens with two attached hydrogens (primary N) is 3. The van der Waals surface area contributed by atoms with Gasteiger partial charge in [0.05, 0.1) is 0 Å². The molecule has 0 fully saturated rings. The predicted octanol–water partition coefficient (Wildman–Crippen LogP) is -0.286. The van der Waals surface area contributed by atoms with Gasteiger partial charge in [-0.2, -0.15) is 0 Å². The van der Waals surface area contributed by atoms with E-state index in [0.29, 0.717) is 31.4 Å². The standard InChI is InChI=1S/C14H21N5O2/c15-12(20)11(8-4-5-9-18-14(16)17)19-13(21)10-6-2-1-3-7-10/h1-3,6-7,11H,4-5,8-9H2,(H2,15,20)(H,19,21)(H4,16,17,18). The highest BCUT2D eigenvalue weighted by molar-refractivity contribution is 5.97. The van der Waals surface area contributed by atoms with Crippen molar-refractivity contribution in [2.75, 3.05) is 6.54 Å². The first-order chi connectivity index (χ1) is 10.0. The fourth-order valence-electron chi connectivity index (χ4n) is 1.79. The minimum Gasteiger partial charge on any atom is -0.370 e. The summed E-state index contributed by atoms with van der Waals surface area (Å²) in [6.07, 6.45) is 1.84. The van der Waals surface area contributed by atoms with Crippen molar-refractivity contribution in [1.29, 1.82) is 0 Å². The molecule has 0 bridgehead atoms. The highest BCUT2D eigenvalue weighted by Gasteiger charge is 2.18. The molecule has 114 valence electrons. The Balaban J connectivity index is 2.45. The number of hydrogen-bond acceptors (Lipinski definition) is 3. The number of primary amides is 1. The van der Waals surface area contributed by atoms with Gasteiger partial charge in [-0.05, 0) is 31.4 Å². The van der Waals surface area contributed by atoms with Gasteiger partial charge in [-0.15, -0.1) is 0 Å². The second kappa shape index (κ2) is 8.57. The molecule has 0 radical (unpaired) electrons. The third-order valence-corrected chi connectivity index (χ3v) is 2.88. The van der Waals surface area contributed by atoms with Crippen LogP contribution in [0.25, 0.3) is 0 Å². The number of guanidine groups is 1. The van der Waals surface area contributed by atoms with Crippen molar-refractivity contribution in [2.24, 2.45) is 22.2 Å². The van der Waals surface area contributed by atoms with Crippen molar-refractivity contribution in [3.05, 3.63) is 35.9 Å². The summed E-state index contributed by atoms with van der Waals surface area (Å²) in [5.74, 6) is -0.830. The van der Waals surface area contributed by atoms with Gasteiger partial charge in [0.15, 0.2) is 5.96 Å². The quantitative estimate of drug-likeness (QED) is 0.297. The molecule has 1 unspecified atom stereocenters. The maximum absolute atomic E-state index is 12.0. The number of carbonyl (C=O) groups excluding carboxylic acids is 2. The number of aliphatic imine (C=N–C) groups is 1. The Labute approximate surface area is 123 Å². The highest BCUT2D eigenvalue weighted by atomic mass is 16.2. The lowest BCUT2D eigenvalue weighted by atomic mass is 10.1. The zero-order valence-corrected chi connectivity index (χ0v) is 11.8. The molecule has 0 aliphatic carbocycles. The van der Waals surface area contributed by atoms with Crippen LogP contribution < -0.4 is 22.5 Å². The lowest BCUT2D eigenvalue weighted by molar-refractivity contribution is -0.120. The summed E-state index contributed by atoms with van der Waals surface area (Å²) in [4.78, 5) is 27.2. The molecule has 0 heterocycles. The van der Waals surface area contributed by atoms with Crippen LogP contribution in [0.15, 0.2) is 35.3 Å². The van der Waals surface area contributed by atoms with Gasteiger partial charge in [0.2, 0.25) is 5.91 Å². The molecule has 7 heteroatoms. The van der Waals surface area contributed by atoms with Crippen LogP contribution in [0.5, 0.6) is 0 Å². The average Bonchev–Trinajstić information content (AvgIpc) is 2.45. The first-order valence-electron chi connectivity index (χ1n) is 6.71. The normalized spacial score (nSPS) is 11.4. The minimum atomic E-state index is -0.697. The van der Waals surface area contributed by atoms with E-state index in [-0.39, 0.29) is 11.9 Å². The Morgan fingerprint density at radius 3 is 2.33 bits per heavy atom. The topological polar surface area (TPSA) is 137 Å². The molecule has 0 spiro atoms. The molecule has 7 N–H and O–H groups in total. The summed E-state index contributed by atoms with van der Waals surface area (Å²) in [7, 11) is 0. The number of amides is 2. The summed E-state index contributed by atoms with van der Waals surface area (Å²) in [6.45, 7) is 0.487. The Morgan fingerprint density at radius 1 is 1.10 bits per heavy atom. The molecule has 1 aromatic rings. The van der Waals surface area contributed by atoms with Gasteiger partial charge < -0.3 is 22.5 Å². The lowest BCUT2D eigenvalue weighted by Gasteiger charge is -2.15. The van der Waals surface area contributed by atoms with Crippen LogP contribution in [0.3, 0.4) is 0 Å². The van der Waals surface area contributed by atoms with Crippen molar-refractivity contribution in [2.45, 2.75) is 25.3 Å². The van der Waals surface area contributed by atoms with Crippen LogP contribution in [0.4, 0.5) is 0 Å². The Morgan fingerprint density at radius 2 is 1.76 bits per heavy atom. The highest BCUT2D eigenvalue weighted by Crippen LogP contribution is 2.04. The van der Waals surface area contributed by atoms with E-state index >= 15 is 0 Å². The van der Waals surface area contributed by atoms with Gasteiger partial charge in [0.1, 0.15) is 6.04 Å². The van der Waals surface area contributed by atoms with Crippen LogP contribution in [0.2, 0.25) is 0 Å². The maximum atomic E-state index is 12.0. The Kier molecular flexibility index (Phi) is 6.73. The molecule has 1 aromatic carbocycles. The number of carbonyl (C=O) groups is 2. The van der Waals surface area contributed by atoms with Crippen LogP contribution in [-0.2, 0) is 4.79 Å². The lowest BCUT2D eigenvalue weighted by Crippen LogP contribution is -2.44. The molecule has 21 heavy (non-hydrogen) atoms. The summed E-state index contributed by atoms with van der Waals surface area (Å²) >= 11 is 0. The van der Waals surface area contributed by atoms with E-state index in [0.717, 1.165) is 0 Å². The molecule has 0 aliphatic rings. The number of benzene rings is 1. The predicted molar refractivity (Wildman–Crippen MR) is 81.4 cm³/mol. The number of unbranched alkanes of at least 4 members (excludes halogenated alkanes) is 1. The smallest absolute Gasteiger partial charge is 0.251 e. The van der Waals surface area contributed by atoms with Gasteiger partial charge in [-0.25, -0.2) is 0 Å². The summed E-state index contributed by atoms with van der Waals surface area (Å²) in [5.41, 5.74) is 16.2. The zero-order valence-electron chi connectivity index (χ0n) is 11.8. The van der Waals surface area contributed by atoms with E-state index in [1.807, 2.05) is 6.07 Å². The second-order valence-electron chi connectivity index (χ2n) is 4.60. The summed E-state index contributed by atoms with van der Waals surface area (Å²) in [5, 5.41) is 2.63. The van der Waals surface area contributed by atoms with E-state index in [4.69, 9.17) is 17.2 Å². The number of nitrogens with zero attached hydrogens (tertiary/aromatic N) is 1. The molecule has 0 saturated carbocycles. The monoisotopic (exact) mass is 291 g/mol. The first kappa shape index (κ1) is 16.5. The molecular weight excluding hydrogens is 270 g/mol. The van der Waals surface area contributed by atoms with Gasteiger partial charge in [0, 0.05) is 12.1 Å². The van der Waals surface area contributed by atoms with E-state index in [1.54, 1.807) is 24.3 Å². The van der Waals surface area contributed by atoms with Crippen molar-refractivity contribution in [1.82, 2.24) is 5.32 Å². The van der Waals surface area contributed by atoms with Crippen molar-refractivity contribution in [3.8, 4) is 0 Å². The third kappa shape index (κ3) is 6.42. The molecule has 1 atom stereocenters. The summed E-state index contributed by atoms with van der Waals surface area (Å²) in [6, 6.07) is 7.97. The Hall–Kier alpha value is -2.57. The van der Waals surface area contributed by atoms with Gasteiger partial charge in [0.25, 0.3) is 5.91 Å². The zero-order chi connectivity index (χ0) is 15.7. The van der Waals surface area contributed by atoms with Gasteiger partial charge in [-0.3, -0.25) is 14.6 Å². The fourth-order valence-corrected chi connectivity index (χ4v) is 1.79. The number of rotatable bonds is 8. The first-order valence-corrected chi connectivity index (χ1v) is 6.71. The van der Waals surface area contributed by atoms with Crippen molar-refractivity contribution >= 4 is 17.8 Å². The fraction of sp³-hybridized carbons (Fsp3) is 0.357. The van der Waals surface area contributed by atoms with Crippen LogP contribution in [0, 0.1) is 0 Å². The largest absolute Gasteiger partial charge is 0.370 e. The van der Waals surface area contributed by atoms with Crippen LogP contribution in [0.1, 0.15) is 29.6 Å². The van der Waals surface area contributed by atoms with Crippen LogP contribution in [-0.4, -0.2) is 30.4 Å². The molecule has 7 nitrogen and oxygen atoms in total. The third-order valence-electron chi connectivity index (χ3n) is 2.88. The second-order valence-corrected chi connectivity index (χ2v) is 4.60. The number of hydrogen-bond donors (Lipinski definition) is 4. The van der Waals surface area contributed by atoms with Crippen LogP contribution >= 0.6 is 0 Å². The average molecular weight is 291 g/mol. The Bertz CT molecular complexity index is 497. The van der Waals surface area contributed by atoms with Crippen molar-refractivity contribution in [3.63, 3.8) is 0 Å². The molecule has 2 amide bonds. The maximum Gasteiger partial charge on any atom is 0.251 e. The number of nitrogens with one attached hydrogen (secondary N) is 1. The van der Waals surface area contributed by atoms with Gasteiger partial charge >= 0.3 is 0 Å². The van der Waals surface area contributed by atoms with Crippen molar-refractivity contribution < 1.29 is 9.59 Å². The van der Waals surface area contributed by atoms with Gasteiger partial charge in [-0.1, -0.05) is 18.2 Å². The van der Waals surface area contributed by atoms with E-state index < -0.39 is 11.9 Å². The molecule has 0 aliphatic heterocycles. The molecule has 0 aromatic heterocycles. The molecular formula is C14H21N5O2. The minimum absolute atomic E-state index is 0.0406. The van der Waals surface area contributed by atoms with E-state index in [2.05, 4.69) is 10.3 Å².